The molecule has 1 fully saturated rings. The molecule has 2 aliphatic carbocycles. The number of hydrogen-bond acceptors (Lipinski definition) is 7. The summed E-state index contributed by atoms with van der Waals surface area (Å²) in [6, 6.07) is 3.13. The van der Waals surface area contributed by atoms with Gasteiger partial charge in [-0.15, -0.1) is 0 Å². The number of hydrogen-bond donors (Lipinski definition) is 3. The van der Waals surface area contributed by atoms with E-state index in [4.69, 9.17) is 20.6 Å². The summed E-state index contributed by atoms with van der Waals surface area (Å²) in [4.78, 5) is 40.0. The predicted octanol–water partition coefficient (Wildman–Crippen LogP) is 3.11. The van der Waals surface area contributed by atoms with E-state index >= 15 is 0 Å². The van der Waals surface area contributed by atoms with E-state index in [-0.39, 0.29) is 41.5 Å². The first-order valence-electron chi connectivity index (χ1n) is 13.9. The Labute approximate surface area is 230 Å². The van der Waals surface area contributed by atoms with Gasteiger partial charge in [0.1, 0.15) is 12.4 Å². The highest BCUT2D eigenvalue weighted by molar-refractivity contribution is 5.92. The molecule has 212 valence electrons. The first kappa shape index (κ1) is 27.9. The number of aryl methyl sites for hydroxylation is 2. The van der Waals surface area contributed by atoms with Gasteiger partial charge < -0.3 is 25.3 Å². The van der Waals surface area contributed by atoms with Crippen LogP contribution in [0.1, 0.15) is 79.0 Å². The van der Waals surface area contributed by atoms with Crippen LogP contribution in [0.4, 0.5) is 4.39 Å². The summed E-state index contributed by atoms with van der Waals surface area (Å²) in [6.07, 6.45) is 2.88. The number of halogens is 1. The number of fused-ring (bicyclic) bond motifs is 5. The van der Waals surface area contributed by atoms with Crippen LogP contribution in [-0.2, 0) is 40.3 Å². The Morgan fingerprint density at radius 2 is 1.82 bits per heavy atom. The van der Waals surface area contributed by atoms with Crippen LogP contribution in [0.3, 0.4) is 0 Å². The first-order valence-corrected chi connectivity index (χ1v) is 13.9. The Morgan fingerprint density at radius 1 is 1.10 bits per heavy atom. The molecule has 3 aromatic rings. The lowest BCUT2D eigenvalue weighted by atomic mass is 9.85. The number of aliphatic hydroxyl groups excluding tert-OH is 2. The average molecular weight is 552 g/mol. The summed E-state index contributed by atoms with van der Waals surface area (Å²) < 4.78 is 21.1. The van der Waals surface area contributed by atoms with E-state index < -0.39 is 12.1 Å². The number of pyridine rings is 2. The standard InChI is InChI=1S/C22H17FN2O4.C6H11NO2.C2H6/c1-9-10-3-2-4-11-13-7-25-17(19(13)24-16(18(10)11)6-15(9)23)5-12-14(21(25)27)8-29-22(28)20(12)26;7-6(9)4-1-2-5(8)3-4;1-2/h5-6,20,26H,2-4,7-8H2,1H3;4-5,8H,1-3H2,(H2,7,9);1-2H3. The van der Waals surface area contributed by atoms with E-state index in [9.17, 15) is 23.9 Å². The van der Waals surface area contributed by atoms with E-state index in [2.05, 4.69) is 0 Å². The lowest BCUT2D eigenvalue weighted by molar-refractivity contribution is -0.157. The Kier molecular flexibility index (Phi) is 7.50. The van der Waals surface area contributed by atoms with Crippen molar-refractivity contribution in [1.29, 1.82) is 0 Å². The van der Waals surface area contributed by atoms with Crippen LogP contribution in [0.5, 0.6) is 0 Å². The fourth-order valence-electron chi connectivity index (χ4n) is 6.28. The van der Waals surface area contributed by atoms with Gasteiger partial charge in [0.2, 0.25) is 5.91 Å². The fourth-order valence-corrected chi connectivity index (χ4v) is 6.28. The number of nitrogens with zero attached hydrogens (tertiary/aromatic N) is 2. The SMILES string of the molecule is CC.Cc1c(F)cc2nc3c(c4c2c1CCC4)Cn1c-3cc2c(c1=O)COC(=O)C2O.NC(=O)C1CCC(O)C1. The molecule has 2 aromatic heterocycles. The normalized spacial score (nSPS) is 21.8. The number of esters is 1. The third-order valence-corrected chi connectivity index (χ3v) is 8.35. The fraction of sp³-hybridized carbons (Fsp3) is 0.467. The van der Waals surface area contributed by atoms with Gasteiger partial charge in [-0.25, -0.2) is 14.2 Å². The maximum Gasteiger partial charge on any atom is 0.340 e. The first-order chi connectivity index (χ1) is 19.2. The molecule has 4 aliphatic rings. The highest BCUT2D eigenvalue weighted by atomic mass is 19.1. The molecule has 2 aliphatic heterocycles. The van der Waals surface area contributed by atoms with Gasteiger partial charge in [0.15, 0.2) is 6.10 Å². The molecule has 7 rings (SSSR count). The van der Waals surface area contributed by atoms with E-state index in [1.54, 1.807) is 17.6 Å². The zero-order chi connectivity index (χ0) is 28.9. The van der Waals surface area contributed by atoms with Gasteiger partial charge >= 0.3 is 5.97 Å². The minimum absolute atomic E-state index is 0.0694. The second-order valence-electron chi connectivity index (χ2n) is 10.6. The van der Waals surface area contributed by atoms with Crippen LogP contribution < -0.4 is 11.3 Å². The number of carbonyl (C=O) groups excluding carboxylic acids is 2. The third-order valence-electron chi connectivity index (χ3n) is 8.35. The smallest absolute Gasteiger partial charge is 0.340 e. The van der Waals surface area contributed by atoms with Crippen molar-refractivity contribution in [1.82, 2.24) is 9.55 Å². The van der Waals surface area contributed by atoms with Crippen LogP contribution in [0, 0.1) is 18.7 Å². The summed E-state index contributed by atoms with van der Waals surface area (Å²) in [5.41, 5.74) is 10.9. The van der Waals surface area contributed by atoms with Crippen LogP contribution in [0.25, 0.3) is 22.3 Å². The molecule has 1 aromatic carbocycles. The zero-order valence-electron chi connectivity index (χ0n) is 22.9. The quantitative estimate of drug-likeness (QED) is 0.308. The number of benzene rings is 1. The molecule has 3 atom stereocenters. The second-order valence-corrected chi connectivity index (χ2v) is 10.6. The molecule has 40 heavy (non-hydrogen) atoms. The summed E-state index contributed by atoms with van der Waals surface area (Å²) in [6.45, 7) is 6.05. The highest BCUT2D eigenvalue weighted by Gasteiger charge is 2.35. The van der Waals surface area contributed by atoms with Gasteiger partial charge in [-0.1, -0.05) is 13.8 Å². The molecule has 0 saturated heterocycles. The Morgan fingerprint density at radius 3 is 2.48 bits per heavy atom. The molecule has 9 nitrogen and oxygen atoms in total. The van der Waals surface area contributed by atoms with Gasteiger partial charge in [-0.2, -0.15) is 0 Å². The number of aliphatic hydroxyl groups is 2. The largest absolute Gasteiger partial charge is 0.458 e. The maximum atomic E-state index is 14.5. The lowest BCUT2D eigenvalue weighted by Crippen LogP contribution is -2.32. The minimum atomic E-state index is -1.48. The minimum Gasteiger partial charge on any atom is -0.458 e. The monoisotopic (exact) mass is 551 g/mol. The number of nitrogens with two attached hydrogens (primary N) is 1. The number of cyclic esters (lactones) is 1. The van der Waals surface area contributed by atoms with Crippen molar-refractivity contribution in [3.63, 3.8) is 0 Å². The van der Waals surface area contributed by atoms with Crippen LogP contribution in [0.15, 0.2) is 16.9 Å². The van der Waals surface area contributed by atoms with Gasteiger partial charge in [-0.05, 0) is 68.2 Å². The van der Waals surface area contributed by atoms with Crippen molar-refractivity contribution < 1.29 is 28.9 Å². The molecule has 4 heterocycles. The molecule has 1 amide bonds. The zero-order valence-corrected chi connectivity index (χ0v) is 22.9. The molecule has 3 unspecified atom stereocenters. The molecule has 10 heteroatoms. The third kappa shape index (κ3) is 4.49. The van der Waals surface area contributed by atoms with Crippen molar-refractivity contribution in [3.8, 4) is 11.4 Å². The summed E-state index contributed by atoms with van der Waals surface area (Å²) in [5.74, 6) is -1.37. The average Bonchev–Trinajstić information content (AvgIpc) is 3.55. The van der Waals surface area contributed by atoms with E-state index in [1.165, 1.54) is 6.07 Å². The summed E-state index contributed by atoms with van der Waals surface area (Å²) in [7, 11) is 0. The second kappa shape index (κ2) is 10.7. The number of aromatic nitrogens is 2. The van der Waals surface area contributed by atoms with Crippen molar-refractivity contribution in [2.75, 3.05) is 0 Å². The van der Waals surface area contributed by atoms with Gasteiger partial charge in [0, 0.05) is 28.5 Å². The van der Waals surface area contributed by atoms with Gasteiger partial charge in [0.05, 0.1) is 35.1 Å². The topological polar surface area (TPSA) is 145 Å². The molecule has 4 N–H and O–H groups in total. The Bertz CT molecular complexity index is 1600. The summed E-state index contributed by atoms with van der Waals surface area (Å²) >= 11 is 0. The molecular weight excluding hydrogens is 517 g/mol. The molecule has 0 bridgehead atoms. The van der Waals surface area contributed by atoms with Gasteiger partial charge in [0.25, 0.3) is 5.56 Å². The summed E-state index contributed by atoms with van der Waals surface area (Å²) in [5, 5.41) is 20.2. The highest BCUT2D eigenvalue weighted by Crippen LogP contribution is 2.42. The molecule has 0 radical (unpaired) electrons. The molecule has 0 spiro atoms. The van der Waals surface area contributed by atoms with Crippen molar-refractivity contribution in [2.45, 2.75) is 84.7 Å². The van der Waals surface area contributed by atoms with Crippen LogP contribution >= 0.6 is 0 Å². The predicted molar refractivity (Wildman–Crippen MR) is 146 cm³/mol. The van der Waals surface area contributed by atoms with Crippen molar-refractivity contribution in [2.24, 2.45) is 11.7 Å². The Hall–Kier alpha value is -3.63. The number of amides is 1. The number of ether oxygens (including phenoxy) is 1. The number of primary amides is 1. The van der Waals surface area contributed by atoms with E-state index in [1.807, 2.05) is 13.8 Å². The van der Waals surface area contributed by atoms with Gasteiger partial charge in [-0.3, -0.25) is 9.59 Å². The van der Waals surface area contributed by atoms with E-state index in [0.717, 1.165) is 54.2 Å². The maximum absolute atomic E-state index is 14.5. The molecular formula is C30H34FN3O6. The molecule has 1 saturated carbocycles. The number of rotatable bonds is 1. The van der Waals surface area contributed by atoms with Crippen LogP contribution in [0.2, 0.25) is 0 Å². The lowest BCUT2D eigenvalue weighted by Gasteiger charge is -2.22. The number of carbonyl (C=O) groups is 2. The van der Waals surface area contributed by atoms with Crippen molar-refractivity contribution >= 4 is 22.8 Å². The Balaban J connectivity index is 0.000000250. The van der Waals surface area contributed by atoms with E-state index in [0.29, 0.717) is 41.0 Å². The van der Waals surface area contributed by atoms with Crippen LogP contribution in [-0.4, -0.2) is 37.7 Å². The van der Waals surface area contributed by atoms with Crippen molar-refractivity contribution in [3.05, 3.63) is 61.7 Å².